The molecule has 0 N–H and O–H groups in total. The second kappa shape index (κ2) is 8.93. The number of imide groups is 1. The Morgan fingerprint density at radius 2 is 1.33 bits per heavy atom. The number of amides is 2. The molecule has 3 aromatic carbocycles. The van der Waals surface area contributed by atoms with E-state index in [0.29, 0.717) is 33.6 Å². The summed E-state index contributed by atoms with van der Waals surface area (Å²) in [6.45, 7) is 0.838. The number of ether oxygens (including phenoxy) is 2. The molecule has 1 heterocycles. The van der Waals surface area contributed by atoms with Crippen LogP contribution < -0.4 is 4.74 Å². The highest BCUT2D eigenvalue weighted by Gasteiger charge is 2.73. The molecular weight excluding hydrogens is 541 g/mol. The van der Waals surface area contributed by atoms with Crippen molar-refractivity contribution in [3.8, 4) is 5.75 Å². The van der Waals surface area contributed by atoms with E-state index in [2.05, 4.69) is 0 Å². The zero-order valence-corrected chi connectivity index (χ0v) is 22.5. The molecule has 3 atom stereocenters. The van der Waals surface area contributed by atoms with Gasteiger partial charge in [0.25, 0.3) is 0 Å². The first kappa shape index (κ1) is 25.6. The Morgan fingerprint density at radius 1 is 0.846 bits per heavy atom. The number of ketones is 1. The fourth-order valence-corrected chi connectivity index (χ4v) is 7.41. The zero-order chi connectivity index (χ0) is 27.7. The molecule has 0 unspecified atom stereocenters. The fourth-order valence-electron chi connectivity index (χ4n) is 6.31. The average Bonchev–Trinajstić information content (AvgIpc) is 3.24. The maximum absolute atomic E-state index is 14.0. The van der Waals surface area contributed by atoms with Gasteiger partial charge in [-0.3, -0.25) is 19.3 Å². The second-order valence-electron chi connectivity index (χ2n) is 9.96. The summed E-state index contributed by atoms with van der Waals surface area (Å²) in [5, 5.41) is 0. The Balaban J connectivity index is 1.31. The van der Waals surface area contributed by atoms with Crippen LogP contribution in [0.5, 0.6) is 5.75 Å². The van der Waals surface area contributed by atoms with E-state index in [0.717, 1.165) is 4.90 Å². The molecule has 0 spiro atoms. The molecular formula is C30H23Cl2NO6. The largest absolute Gasteiger partial charge is 0.497 e. The quantitative estimate of drug-likeness (QED) is 0.191. The van der Waals surface area contributed by atoms with Gasteiger partial charge in [-0.15, -0.1) is 23.2 Å². The number of nitrogens with zero attached hydrogens (tertiary/aromatic N) is 1. The minimum absolute atomic E-state index is 0.300. The van der Waals surface area contributed by atoms with E-state index in [1.54, 1.807) is 18.2 Å². The molecule has 7 nitrogen and oxygen atoms in total. The molecule has 1 saturated heterocycles. The first-order valence-corrected chi connectivity index (χ1v) is 13.2. The summed E-state index contributed by atoms with van der Waals surface area (Å²) in [6, 6.07) is 19.7. The highest BCUT2D eigenvalue weighted by Crippen LogP contribution is 2.69. The normalized spacial score (nSPS) is 26.9. The van der Waals surface area contributed by atoms with Crippen LogP contribution in [0.2, 0.25) is 0 Å². The van der Waals surface area contributed by atoms with E-state index in [4.69, 9.17) is 32.7 Å². The summed E-state index contributed by atoms with van der Waals surface area (Å²) in [5.74, 6) is -4.11. The Morgan fingerprint density at radius 3 is 1.79 bits per heavy atom. The number of carbonyl (C=O) groups excluding carboxylic acids is 4. The van der Waals surface area contributed by atoms with Crippen LogP contribution in [-0.2, 0) is 28.9 Å². The summed E-state index contributed by atoms with van der Waals surface area (Å²) in [6.07, 6.45) is 0. The number of halogens is 2. The Bertz CT molecular complexity index is 1450. The molecule has 9 heteroatoms. The zero-order valence-electron chi connectivity index (χ0n) is 21.0. The number of alkyl halides is 2. The lowest BCUT2D eigenvalue weighted by Crippen LogP contribution is -2.57. The molecule has 198 valence electrons. The maximum Gasteiger partial charge on any atom is 0.329 e. The number of Topliss-reactive ketones (excluding diaryl/α,β-unsaturated/α-hetero) is 1. The van der Waals surface area contributed by atoms with Gasteiger partial charge in [-0.05, 0) is 41.3 Å². The highest BCUT2D eigenvalue weighted by atomic mass is 35.5. The van der Waals surface area contributed by atoms with Crippen molar-refractivity contribution in [2.24, 2.45) is 11.8 Å². The average molecular weight is 564 g/mol. The van der Waals surface area contributed by atoms with Crippen molar-refractivity contribution in [3.63, 3.8) is 0 Å². The van der Waals surface area contributed by atoms with Crippen molar-refractivity contribution in [3.05, 3.63) is 101 Å². The van der Waals surface area contributed by atoms with Gasteiger partial charge in [0.05, 0.1) is 18.9 Å². The Kier molecular flexibility index (Phi) is 5.86. The van der Waals surface area contributed by atoms with Crippen LogP contribution in [0.4, 0.5) is 0 Å². The van der Waals surface area contributed by atoms with Crippen LogP contribution in [0.1, 0.15) is 39.5 Å². The lowest BCUT2D eigenvalue weighted by Gasteiger charge is -2.54. The van der Waals surface area contributed by atoms with E-state index in [9.17, 15) is 19.2 Å². The topological polar surface area (TPSA) is 90.0 Å². The molecule has 0 aromatic heterocycles. The van der Waals surface area contributed by atoms with E-state index in [1.807, 2.05) is 48.5 Å². The summed E-state index contributed by atoms with van der Waals surface area (Å²) in [4.78, 5) is 51.8. The van der Waals surface area contributed by atoms with E-state index >= 15 is 0 Å². The fraction of sp³-hybridized carbons (Fsp3) is 0.267. The third-order valence-corrected chi connectivity index (χ3v) is 9.37. The molecule has 7 rings (SSSR count). The SMILES string of the molecule is COc1cccc(C(=O)COC(=O)[C@H](C)N2C(=O)[C@@H]3[C@@H](C2=O)C2(Cl)c4ccccc4C3(Cl)c3ccccc32)c1. The van der Waals surface area contributed by atoms with Gasteiger partial charge < -0.3 is 9.47 Å². The number of hydrogen-bond donors (Lipinski definition) is 0. The monoisotopic (exact) mass is 563 g/mol. The summed E-state index contributed by atoms with van der Waals surface area (Å²) in [7, 11) is 1.48. The molecule has 4 aliphatic rings. The van der Waals surface area contributed by atoms with Gasteiger partial charge in [0.1, 0.15) is 21.5 Å². The number of likely N-dealkylation sites (tertiary alicyclic amines) is 1. The van der Waals surface area contributed by atoms with Crippen molar-refractivity contribution in [2.45, 2.75) is 22.7 Å². The highest BCUT2D eigenvalue weighted by molar-refractivity contribution is 6.36. The predicted molar refractivity (Wildman–Crippen MR) is 143 cm³/mol. The van der Waals surface area contributed by atoms with E-state index in [1.165, 1.54) is 20.1 Å². The molecule has 0 radical (unpaired) electrons. The van der Waals surface area contributed by atoms with Gasteiger partial charge in [0.15, 0.2) is 12.4 Å². The maximum atomic E-state index is 14.0. The Labute approximate surface area is 234 Å². The van der Waals surface area contributed by atoms with Gasteiger partial charge in [-0.25, -0.2) is 4.79 Å². The first-order chi connectivity index (χ1) is 18.6. The first-order valence-electron chi connectivity index (χ1n) is 12.4. The summed E-state index contributed by atoms with van der Waals surface area (Å²) < 4.78 is 10.4. The summed E-state index contributed by atoms with van der Waals surface area (Å²) in [5.41, 5.74) is 2.98. The number of carbonyl (C=O) groups is 4. The van der Waals surface area contributed by atoms with Crippen molar-refractivity contribution in [2.75, 3.05) is 13.7 Å². The number of methoxy groups -OCH3 is 1. The lowest BCUT2D eigenvalue weighted by molar-refractivity contribution is -0.157. The van der Waals surface area contributed by atoms with Crippen molar-refractivity contribution in [1.82, 2.24) is 4.90 Å². The Hall–Kier alpha value is -3.68. The second-order valence-corrected chi connectivity index (χ2v) is 11.1. The molecule has 39 heavy (non-hydrogen) atoms. The van der Waals surface area contributed by atoms with Gasteiger partial charge in [0, 0.05) is 5.56 Å². The predicted octanol–water partition coefficient (Wildman–Crippen LogP) is 4.40. The van der Waals surface area contributed by atoms with Crippen LogP contribution in [0.3, 0.4) is 0 Å². The van der Waals surface area contributed by atoms with Crippen LogP contribution in [0, 0.1) is 11.8 Å². The van der Waals surface area contributed by atoms with E-state index in [-0.39, 0.29) is 0 Å². The standard InChI is InChI=1S/C30H23Cl2NO6/c1-16(28(37)39-15-23(34)17-8-7-9-18(14-17)38-2)33-26(35)24-25(27(33)36)30(32)20-11-4-3-10-19(20)29(24,31)21-12-5-6-13-22(21)30/h3-14,16,24-25H,15H2,1-2H3/t16-,24-,25-,29?,30?/m0/s1. The molecule has 1 aliphatic heterocycles. The van der Waals surface area contributed by atoms with Crippen LogP contribution >= 0.6 is 23.2 Å². The molecule has 2 bridgehead atoms. The van der Waals surface area contributed by atoms with Gasteiger partial charge >= 0.3 is 5.97 Å². The number of benzene rings is 3. The summed E-state index contributed by atoms with van der Waals surface area (Å²) >= 11 is 14.8. The molecule has 1 fully saturated rings. The van der Waals surface area contributed by atoms with Crippen LogP contribution in [0.25, 0.3) is 0 Å². The molecule has 3 aromatic rings. The number of rotatable bonds is 6. The van der Waals surface area contributed by atoms with Crippen LogP contribution in [0.15, 0.2) is 72.8 Å². The smallest absolute Gasteiger partial charge is 0.329 e. The van der Waals surface area contributed by atoms with Crippen LogP contribution in [-0.4, -0.2) is 48.2 Å². The third kappa shape index (κ3) is 3.36. The minimum atomic E-state index is -1.35. The molecule has 3 aliphatic carbocycles. The van der Waals surface area contributed by atoms with E-state index < -0.39 is 57.8 Å². The van der Waals surface area contributed by atoms with Crippen molar-refractivity contribution < 1.29 is 28.7 Å². The van der Waals surface area contributed by atoms with Crippen molar-refractivity contribution >= 4 is 46.8 Å². The molecule has 0 saturated carbocycles. The van der Waals surface area contributed by atoms with Gasteiger partial charge in [-0.2, -0.15) is 0 Å². The third-order valence-electron chi connectivity index (χ3n) is 8.09. The number of esters is 1. The van der Waals surface area contributed by atoms with Gasteiger partial charge in [-0.1, -0.05) is 60.7 Å². The minimum Gasteiger partial charge on any atom is -0.497 e. The van der Waals surface area contributed by atoms with Gasteiger partial charge in [0.2, 0.25) is 11.8 Å². The number of hydrogen-bond acceptors (Lipinski definition) is 6. The lowest BCUT2D eigenvalue weighted by atomic mass is 9.54. The molecule has 2 amide bonds. The van der Waals surface area contributed by atoms with Crippen molar-refractivity contribution in [1.29, 1.82) is 0 Å².